The highest BCUT2D eigenvalue weighted by Crippen LogP contribution is 2.22. The number of benzene rings is 1. The zero-order valence-corrected chi connectivity index (χ0v) is 10.0. The number of rotatable bonds is 5. The van der Waals surface area contributed by atoms with Crippen molar-refractivity contribution in [1.82, 2.24) is 5.32 Å². The van der Waals surface area contributed by atoms with Gasteiger partial charge in [-0.05, 0) is 27.0 Å². The van der Waals surface area contributed by atoms with Crippen molar-refractivity contribution in [3.05, 3.63) is 29.6 Å². The summed E-state index contributed by atoms with van der Waals surface area (Å²) in [6.45, 7) is 3.23. The lowest BCUT2D eigenvalue weighted by Crippen LogP contribution is -2.23. The Bertz CT molecular complexity index is 409. The van der Waals surface area contributed by atoms with E-state index in [9.17, 15) is 9.18 Å². The zero-order chi connectivity index (χ0) is 13.0. The molecule has 0 fully saturated rings. The van der Waals surface area contributed by atoms with Crippen LogP contribution in [0.3, 0.4) is 0 Å². The quantitative estimate of drug-likeness (QED) is 0.827. The Kier molecular flexibility index (Phi) is 4.45. The topological polar surface area (TPSA) is 58.6 Å². The third-order valence-corrected chi connectivity index (χ3v) is 2.53. The molecule has 0 aliphatic heterocycles. The molecule has 4 nitrogen and oxygen atoms in total. The van der Waals surface area contributed by atoms with Crippen molar-refractivity contribution in [1.29, 1.82) is 0 Å². The van der Waals surface area contributed by atoms with E-state index < -0.39 is 17.9 Å². The molecule has 5 heteroatoms. The smallest absolute Gasteiger partial charge is 0.344 e. The van der Waals surface area contributed by atoms with E-state index in [1.54, 1.807) is 19.2 Å². The number of aliphatic carboxylic acids is 1. The van der Waals surface area contributed by atoms with Crippen LogP contribution in [0.1, 0.15) is 25.5 Å². The van der Waals surface area contributed by atoms with Gasteiger partial charge in [0.25, 0.3) is 0 Å². The van der Waals surface area contributed by atoms with Crippen LogP contribution < -0.4 is 10.1 Å². The Morgan fingerprint density at radius 1 is 1.47 bits per heavy atom. The van der Waals surface area contributed by atoms with Crippen molar-refractivity contribution >= 4 is 5.97 Å². The number of carbonyl (C=O) groups is 1. The van der Waals surface area contributed by atoms with Gasteiger partial charge in [0.15, 0.2) is 6.10 Å². The number of hydrogen-bond acceptors (Lipinski definition) is 3. The van der Waals surface area contributed by atoms with Crippen LogP contribution in [0.2, 0.25) is 0 Å². The normalized spacial score (nSPS) is 14.1. The van der Waals surface area contributed by atoms with Gasteiger partial charge in [0.1, 0.15) is 11.6 Å². The van der Waals surface area contributed by atoms with E-state index in [1.807, 2.05) is 6.92 Å². The monoisotopic (exact) mass is 241 g/mol. The highest BCUT2D eigenvalue weighted by molar-refractivity contribution is 5.72. The first-order chi connectivity index (χ1) is 7.95. The summed E-state index contributed by atoms with van der Waals surface area (Å²) in [7, 11) is 1.74. The number of hydrogen-bond donors (Lipinski definition) is 2. The summed E-state index contributed by atoms with van der Waals surface area (Å²) in [5, 5.41) is 11.6. The van der Waals surface area contributed by atoms with E-state index in [0.29, 0.717) is 5.56 Å². The number of carboxylic acid groups (broad SMARTS) is 1. The minimum Gasteiger partial charge on any atom is -0.479 e. The van der Waals surface area contributed by atoms with Gasteiger partial charge in [-0.1, -0.05) is 6.07 Å². The molecule has 0 spiro atoms. The molecule has 0 bridgehead atoms. The first kappa shape index (κ1) is 13.4. The van der Waals surface area contributed by atoms with Crippen LogP contribution in [0.15, 0.2) is 18.2 Å². The fraction of sp³-hybridized carbons (Fsp3) is 0.417. The molecular formula is C12H16FNO3. The lowest BCUT2D eigenvalue weighted by atomic mass is 10.1. The minimum absolute atomic E-state index is 0.110. The van der Waals surface area contributed by atoms with Crippen molar-refractivity contribution in [2.75, 3.05) is 7.05 Å². The van der Waals surface area contributed by atoms with Gasteiger partial charge in [-0.15, -0.1) is 0 Å². The fourth-order valence-electron chi connectivity index (χ4n) is 1.34. The standard InChI is InChI=1S/C12H16FNO3/c1-7(14-3)10-5-4-9(6-11(10)13)17-8(2)12(15)16/h4-8,14H,1-3H3,(H,15,16). The summed E-state index contributed by atoms with van der Waals surface area (Å²) in [6, 6.07) is 4.23. The maximum atomic E-state index is 13.7. The van der Waals surface area contributed by atoms with Crippen LogP contribution in [0.5, 0.6) is 5.75 Å². The molecule has 0 radical (unpaired) electrons. The van der Waals surface area contributed by atoms with E-state index in [2.05, 4.69) is 5.32 Å². The predicted molar refractivity (Wildman–Crippen MR) is 61.6 cm³/mol. The Labute approximate surface area is 99.4 Å². The second-order valence-corrected chi connectivity index (χ2v) is 3.79. The molecule has 0 saturated heterocycles. The van der Waals surface area contributed by atoms with E-state index in [4.69, 9.17) is 9.84 Å². The summed E-state index contributed by atoms with van der Waals surface area (Å²) >= 11 is 0. The van der Waals surface area contributed by atoms with Crippen molar-refractivity contribution in [2.24, 2.45) is 0 Å². The third-order valence-electron chi connectivity index (χ3n) is 2.53. The summed E-state index contributed by atoms with van der Waals surface area (Å²) < 4.78 is 18.7. The van der Waals surface area contributed by atoms with Gasteiger partial charge in [-0.3, -0.25) is 0 Å². The Balaban J connectivity index is 2.85. The molecule has 0 heterocycles. The van der Waals surface area contributed by atoms with Crippen molar-refractivity contribution in [3.8, 4) is 5.75 Å². The van der Waals surface area contributed by atoms with Gasteiger partial charge in [0.05, 0.1) is 0 Å². The molecule has 2 unspecified atom stereocenters. The SMILES string of the molecule is CNC(C)c1ccc(OC(C)C(=O)O)cc1F. The Morgan fingerprint density at radius 3 is 2.59 bits per heavy atom. The molecule has 0 amide bonds. The number of halogens is 1. The van der Waals surface area contributed by atoms with E-state index in [0.717, 1.165) is 0 Å². The average molecular weight is 241 g/mol. The number of carboxylic acids is 1. The maximum Gasteiger partial charge on any atom is 0.344 e. The van der Waals surface area contributed by atoms with Crippen molar-refractivity contribution in [3.63, 3.8) is 0 Å². The zero-order valence-electron chi connectivity index (χ0n) is 10.0. The number of nitrogens with one attached hydrogen (secondary N) is 1. The van der Waals surface area contributed by atoms with Gasteiger partial charge in [0.2, 0.25) is 0 Å². The molecule has 1 rings (SSSR count). The second kappa shape index (κ2) is 5.63. The summed E-state index contributed by atoms with van der Waals surface area (Å²) in [5.41, 5.74) is 0.517. The maximum absolute atomic E-state index is 13.7. The molecule has 1 aromatic carbocycles. The highest BCUT2D eigenvalue weighted by Gasteiger charge is 2.15. The summed E-state index contributed by atoms with van der Waals surface area (Å²) in [5.74, 6) is -1.29. The van der Waals surface area contributed by atoms with Crippen LogP contribution >= 0.6 is 0 Å². The molecule has 0 aliphatic carbocycles. The van der Waals surface area contributed by atoms with Crippen molar-refractivity contribution in [2.45, 2.75) is 26.0 Å². The van der Waals surface area contributed by atoms with Crippen LogP contribution in [-0.2, 0) is 4.79 Å². The molecule has 17 heavy (non-hydrogen) atoms. The van der Waals surface area contributed by atoms with Gasteiger partial charge in [0, 0.05) is 17.7 Å². The van der Waals surface area contributed by atoms with Crippen LogP contribution in [0.25, 0.3) is 0 Å². The van der Waals surface area contributed by atoms with Crippen LogP contribution in [-0.4, -0.2) is 24.2 Å². The predicted octanol–water partition coefficient (Wildman–Crippen LogP) is 1.96. The molecule has 0 aromatic heterocycles. The third kappa shape index (κ3) is 3.42. The minimum atomic E-state index is -1.09. The Hall–Kier alpha value is -1.62. The molecule has 0 aliphatic rings. The Morgan fingerprint density at radius 2 is 2.12 bits per heavy atom. The molecule has 1 aromatic rings. The average Bonchev–Trinajstić information content (AvgIpc) is 2.28. The van der Waals surface area contributed by atoms with Gasteiger partial charge in [-0.25, -0.2) is 9.18 Å². The molecule has 2 N–H and O–H groups in total. The van der Waals surface area contributed by atoms with E-state index in [-0.39, 0.29) is 11.8 Å². The van der Waals surface area contributed by atoms with Crippen LogP contribution in [0.4, 0.5) is 4.39 Å². The van der Waals surface area contributed by atoms with Gasteiger partial charge in [-0.2, -0.15) is 0 Å². The largest absolute Gasteiger partial charge is 0.479 e. The first-order valence-electron chi connectivity index (χ1n) is 5.32. The molecule has 2 atom stereocenters. The van der Waals surface area contributed by atoms with Crippen LogP contribution in [0, 0.1) is 5.82 Å². The highest BCUT2D eigenvalue weighted by atomic mass is 19.1. The fourth-order valence-corrected chi connectivity index (χ4v) is 1.34. The van der Waals surface area contributed by atoms with Gasteiger partial charge < -0.3 is 15.2 Å². The molecule has 0 saturated carbocycles. The summed E-state index contributed by atoms with van der Waals surface area (Å²) in [6.07, 6.45) is -0.998. The van der Waals surface area contributed by atoms with E-state index >= 15 is 0 Å². The van der Waals surface area contributed by atoms with Gasteiger partial charge >= 0.3 is 5.97 Å². The summed E-state index contributed by atoms with van der Waals surface area (Å²) in [4.78, 5) is 10.6. The lowest BCUT2D eigenvalue weighted by Gasteiger charge is -2.14. The number of ether oxygens (including phenoxy) is 1. The lowest BCUT2D eigenvalue weighted by molar-refractivity contribution is -0.144. The first-order valence-corrected chi connectivity index (χ1v) is 5.32. The second-order valence-electron chi connectivity index (χ2n) is 3.79. The van der Waals surface area contributed by atoms with Crippen molar-refractivity contribution < 1.29 is 19.0 Å². The molecular weight excluding hydrogens is 225 g/mol. The molecule has 94 valence electrons. The van der Waals surface area contributed by atoms with E-state index in [1.165, 1.54) is 13.0 Å².